The molecule has 3 aromatic heterocycles. The van der Waals surface area contributed by atoms with Crippen LogP contribution < -0.4 is 0 Å². The Hall–Kier alpha value is -4.01. The van der Waals surface area contributed by atoms with E-state index in [1.165, 1.54) is 24.0 Å². The van der Waals surface area contributed by atoms with Crippen LogP contribution in [-0.4, -0.2) is 61.1 Å². The van der Waals surface area contributed by atoms with E-state index in [-0.39, 0.29) is 12.6 Å². The van der Waals surface area contributed by atoms with Gasteiger partial charge in [-0.3, -0.25) is 14.2 Å². The van der Waals surface area contributed by atoms with Crippen LogP contribution in [0, 0.1) is 6.92 Å². The average Bonchev–Trinajstić information content (AvgIpc) is 3.48. The molecule has 40 heavy (non-hydrogen) atoms. The topological polar surface area (TPSA) is 67.9 Å². The van der Waals surface area contributed by atoms with E-state index in [4.69, 9.17) is 4.74 Å². The lowest BCUT2D eigenvalue weighted by Crippen LogP contribution is -2.36. The first-order valence-corrected chi connectivity index (χ1v) is 14.2. The molecule has 0 atom stereocenters. The Bertz CT molecular complexity index is 1690. The SMILES string of the molecule is Cc1nnc2ccc3c(cc(C(=O)OCc4cccc(CN5CCC5)c4)n3Cc3cccc(CN4CCC4)c3)n12. The van der Waals surface area contributed by atoms with E-state index in [0.717, 1.165) is 72.9 Å². The summed E-state index contributed by atoms with van der Waals surface area (Å²) in [5.74, 6) is 0.452. The van der Waals surface area contributed by atoms with E-state index in [1.54, 1.807) is 0 Å². The lowest BCUT2D eigenvalue weighted by molar-refractivity contribution is 0.0461. The van der Waals surface area contributed by atoms with Gasteiger partial charge in [0.2, 0.25) is 0 Å². The summed E-state index contributed by atoms with van der Waals surface area (Å²) in [6.07, 6.45) is 2.55. The highest BCUT2D eigenvalue weighted by Crippen LogP contribution is 2.25. The third-order valence-electron chi connectivity index (χ3n) is 8.21. The number of benzene rings is 2. The van der Waals surface area contributed by atoms with Crippen molar-refractivity contribution in [3.8, 4) is 0 Å². The lowest BCUT2D eigenvalue weighted by atomic mass is 10.1. The number of esters is 1. The first kappa shape index (κ1) is 25.0. The number of carbonyl (C=O) groups excluding carboxylic acids is 1. The van der Waals surface area contributed by atoms with Gasteiger partial charge in [0.1, 0.15) is 18.1 Å². The molecule has 204 valence electrons. The average molecular weight is 535 g/mol. The lowest BCUT2D eigenvalue weighted by Gasteiger charge is -2.30. The van der Waals surface area contributed by atoms with Crippen molar-refractivity contribution in [3.63, 3.8) is 0 Å². The van der Waals surface area contributed by atoms with Crippen LogP contribution in [0.5, 0.6) is 0 Å². The minimum atomic E-state index is -0.333. The minimum absolute atomic E-state index is 0.237. The number of aromatic nitrogens is 4. The second-order valence-corrected chi connectivity index (χ2v) is 11.1. The number of rotatable bonds is 9. The molecule has 2 aliphatic rings. The smallest absolute Gasteiger partial charge is 0.355 e. The first-order chi connectivity index (χ1) is 19.6. The van der Waals surface area contributed by atoms with Gasteiger partial charge < -0.3 is 9.30 Å². The largest absolute Gasteiger partial charge is 0.456 e. The van der Waals surface area contributed by atoms with E-state index in [2.05, 4.69) is 61.0 Å². The van der Waals surface area contributed by atoms with Crippen LogP contribution in [0.4, 0.5) is 0 Å². The second-order valence-electron chi connectivity index (χ2n) is 11.1. The number of carbonyl (C=O) groups is 1. The van der Waals surface area contributed by atoms with Crippen LogP contribution in [0.3, 0.4) is 0 Å². The Morgan fingerprint density at radius 3 is 2.02 bits per heavy atom. The second kappa shape index (κ2) is 10.5. The van der Waals surface area contributed by atoms with E-state index >= 15 is 0 Å². The molecule has 0 amide bonds. The first-order valence-electron chi connectivity index (χ1n) is 14.2. The maximum absolute atomic E-state index is 13.6. The standard InChI is InChI=1S/C32H34N6O2/c1-23-33-34-31-11-10-28-29(38(23)31)18-30(37(28)21-26-8-2-6-24(16-26)19-35-12-4-13-35)32(39)40-22-27-9-3-7-25(17-27)20-36-14-5-15-36/h2-3,6-11,16-18H,4-5,12-15,19-22H2,1H3. The molecule has 0 bridgehead atoms. The summed E-state index contributed by atoms with van der Waals surface area (Å²) in [5.41, 5.74) is 7.86. The zero-order valence-electron chi connectivity index (χ0n) is 22.9. The summed E-state index contributed by atoms with van der Waals surface area (Å²) in [7, 11) is 0. The van der Waals surface area contributed by atoms with Crippen molar-refractivity contribution in [2.75, 3.05) is 26.2 Å². The molecule has 2 fully saturated rings. The number of hydrogen-bond donors (Lipinski definition) is 0. The van der Waals surface area contributed by atoms with E-state index in [9.17, 15) is 4.79 Å². The fraction of sp³-hybridized carbons (Fsp3) is 0.344. The Balaban J connectivity index is 1.18. The van der Waals surface area contributed by atoms with Gasteiger partial charge in [-0.25, -0.2) is 4.79 Å². The molecule has 2 aromatic carbocycles. The Kier molecular flexibility index (Phi) is 6.57. The van der Waals surface area contributed by atoms with E-state index in [1.807, 2.05) is 41.7 Å². The molecule has 0 unspecified atom stereocenters. The van der Waals surface area contributed by atoms with Crippen molar-refractivity contribution in [1.82, 2.24) is 29.0 Å². The Morgan fingerprint density at radius 2 is 1.38 bits per heavy atom. The zero-order chi connectivity index (χ0) is 27.1. The van der Waals surface area contributed by atoms with Crippen molar-refractivity contribution >= 4 is 22.6 Å². The molecule has 5 heterocycles. The molecular weight excluding hydrogens is 500 g/mol. The highest BCUT2D eigenvalue weighted by Gasteiger charge is 2.21. The van der Waals surface area contributed by atoms with Gasteiger partial charge in [-0.1, -0.05) is 48.5 Å². The van der Waals surface area contributed by atoms with Gasteiger partial charge in [0.25, 0.3) is 0 Å². The molecular formula is C32H34N6O2. The summed E-state index contributed by atoms with van der Waals surface area (Å²) in [4.78, 5) is 18.5. The molecule has 2 aliphatic heterocycles. The normalized spacial score (nSPS) is 15.8. The van der Waals surface area contributed by atoms with Crippen LogP contribution in [0.15, 0.2) is 66.7 Å². The van der Waals surface area contributed by atoms with Crippen LogP contribution in [0.2, 0.25) is 0 Å². The summed E-state index contributed by atoms with van der Waals surface area (Å²) >= 11 is 0. The zero-order valence-corrected chi connectivity index (χ0v) is 22.9. The predicted octanol–water partition coefficient (Wildman–Crippen LogP) is 4.81. The number of likely N-dealkylation sites (tertiary alicyclic amines) is 2. The predicted molar refractivity (Wildman–Crippen MR) is 154 cm³/mol. The molecule has 2 saturated heterocycles. The van der Waals surface area contributed by atoms with Gasteiger partial charge in [0, 0.05) is 19.6 Å². The van der Waals surface area contributed by atoms with Crippen LogP contribution in [0.1, 0.15) is 51.4 Å². The number of nitrogens with zero attached hydrogens (tertiary/aromatic N) is 6. The van der Waals surface area contributed by atoms with Gasteiger partial charge in [-0.05, 0) is 86.4 Å². The number of fused-ring (bicyclic) bond motifs is 3. The molecule has 7 rings (SSSR count). The quantitative estimate of drug-likeness (QED) is 0.253. The van der Waals surface area contributed by atoms with Crippen molar-refractivity contribution in [2.24, 2.45) is 0 Å². The molecule has 8 heteroatoms. The summed E-state index contributed by atoms with van der Waals surface area (Å²) in [5, 5.41) is 8.54. The number of aryl methyl sites for hydroxylation is 1. The third kappa shape index (κ3) is 4.89. The number of hydrogen-bond acceptors (Lipinski definition) is 6. The van der Waals surface area contributed by atoms with Crippen molar-refractivity contribution in [3.05, 3.63) is 101 Å². The molecule has 5 aromatic rings. The van der Waals surface area contributed by atoms with Crippen LogP contribution in [0.25, 0.3) is 16.7 Å². The van der Waals surface area contributed by atoms with Crippen LogP contribution in [-0.2, 0) is 31.0 Å². The number of pyridine rings is 1. The molecule has 8 nitrogen and oxygen atoms in total. The van der Waals surface area contributed by atoms with Gasteiger partial charge in [-0.15, -0.1) is 10.2 Å². The molecule has 0 spiro atoms. The third-order valence-corrected chi connectivity index (χ3v) is 8.21. The molecule has 0 radical (unpaired) electrons. The van der Waals surface area contributed by atoms with E-state index < -0.39 is 0 Å². The maximum atomic E-state index is 13.6. The van der Waals surface area contributed by atoms with E-state index in [0.29, 0.717) is 12.2 Å². The van der Waals surface area contributed by atoms with Gasteiger partial charge in [0.05, 0.1) is 11.0 Å². The molecule has 0 aliphatic carbocycles. The highest BCUT2D eigenvalue weighted by molar-refractivity contribution is 5.95. The summed E-state index contributed by atoms with van der Waals surface area (Å²) in [6.45, 7) is 9.29. The van der Waals surface area contributed by atoms with Crippen LogP contribution >= 0.6 is 0 Å². The fourth-order valence-electron chi connectivity index (χ4n) is 5.83. The molecule has 0 saturated carbocycles. The summed E-state index contributed by atoms with van der Waals surface area (Å²) in [6, 6.07) is 23.0. The monoisotopic (exact) mass is 534 g/mol. The number of ether oxygens (including phenoxy) is 1. The Labute approximate surface area is 233 Å². The highest BCUT2D eigenvalue weighted by atomic mass is 16.5. The Morgan fingerprint density at radius 1 is 0.750 bits per heavy atom. The maximum Gasteiger partial charge on any atom is 0.355 e. The van der Waals surface area contributed by atoms with Gasteiger partial charge in [-0.2, -0.15) is 0 Å². The fourth-order valence-corrected chi connectivity index (χ4v) is 5.83. The van der Waals surface area contributed by atoms with Crippen molar-refractivity contribution in [2.45, 2.75) is 46.0 Å². The van der Waals surface area contributed by atoms with Crippen molar-refractivity contribution in [1.29, 1.82) is 0 Å². The minimum Gasteiger partial charge on any atom is -0.456 e. The van der Waals surface area contributed by atoms with Gasteiger partial charge >= 0.3 is 5.97 Å². The summed E-state index contributed by atoms with van der Waals surface area (Å²) < 4.78 is 10.00. The van der Waals surface area contributed by atoms with Gasteiger partial charge in [0.15, 0.2) is 5.65 Å². The molecule has 0 N–H and O–H groups in total. The van der Waals surface area contributed by atoms with Crippen molar-refractivity contribution < 1.29 is 9.53 Å².